The summed E-state index contributed by atoms with van der Waals surface area (Å²) in [6.07, 6.45) is 4.69. The van der Waals surface area contributed by atoms with E-state index in [0.29, 0.717) is 21.9 Å². The average Bonchev–Trinajstić information content (AvgIpc) is 3.48. The Labute approximate surface area is 308 Å². The van der Waals surface area contributed by atoms with E-state index >= 15 is 0 Å². The molecule has 0 unspecified atom stereocenters. The Balaban J connectivity index is 0.000000211. The van der Waals surface area contributed by atoms with Gasteiger partial charge in [0, 0.05) is 30.4 Å². The van der Waals surface area contributed by atoms with Crippen molar-refractivity contribution in [1.82, 2.24) is 9.97 Å². The van der Waals surface area contributed by atoms with Gasteiger partial charge < -0.3 is 4.98 Å². The van der Waals surface area contributed by atoms with Gasteiger partial charge in [0.15, 0.2) is 0 Å². The molecule has 0 atom stereocenters. The molecule has 0 spiro atoms. The summed E-state index contributed by atoms with van der Waals surface area (Å²) in [5.74, 6) is 7.74. The number of thiophene rings is 1. The molecule has 4 aromatic carbocycles. The van der Waals surface area contributed by atoms with Crippen molar-refractivity contribution in [3.05, 3.63) is 139 Å². The van der Waals surface area contributed by atoms with Gasteiger partial charge in [0.2, 0.25) is 0 Å². The zero-order valence-electron chi connectivity index (χ0n) is 30.7. The Morgan fingerprint density at radius 3 is 2.27 bits per heavy atom. The molecule has 3 aromatic heterocycles. The molecule has 7 rings (SSSR count). The molecule has 6 heteroatoms. The smallest absolute Gasteiger partial charge is 0.140 e. The van der Waals surface area contributed by atoms with Gasteiger partial charge in [-0.25, -0.2) is 4.39 Å². The Bertz CT molecular complexity index is 2270. The topological polar surface area (TPSA) is 25.8 Å². The summed E-state index contributed by atoms with van der Waals surface area (Å²) in [6.45, 7) is 2.29. The van der Waals surface area contributed by atoms with E-state index in [1.165, 1.54) is 29.2 Å². The molecule has 0 aliphatic rings. The third-order valence-electron chi connectivity index (χ3n) is 8.07. The van der Waals surface area contributed by atoms with Crippen LogP contribution in [0.25, 0.3) is 53.8 Å². The maximum Gasteiger partial charge on any atom is 0.140 e. The molecule has 7 aromatic rings. The fourth-order valence-electron chi connectivity index (χ4n) is 5.85. The van der Waals surface area contributed by atoms with Crippen molar-refractivity contribution in [2.75, 3.05) is 0 Å². The van der Waals surface area contributed by atoms with Gasteiger partial charge in [0.1, 0.15) is 5.82 Å². The zero-order valence-corrected chi connectivity index (χ0v) is 33.0. The second kappa shape index (κ2) is 15.4. The number of nitrogens with zero attached hydrogens (tertiary/aromatic N) is 2. The van der Waals surface area contributed by atoms with Gasteiger partial charge in [-0.3, -0.25) is 0 Å². The largest absolute Gasteiger partial charge is 0.304 e. The summed E-state index contributed by atoms with van der Waals surface area (Å²) >= 11 is -0.494. The molecular formula is C42H39FGeIrN2S-2. The van der Waals surface area contributed by atoms with E-state index in [-0.39, 0.29) is 31.5 Å². The second-order valence-corrected chi connectivity index (χ2v) is 24.7. The molecular weight excluding hydrogens is 848 g/mol. The van der Waals surface area contributed by atoms with E-state index in [2.05, 4.69) is 66.6 Å². The predicted molar refractivity (Wildman–Crippen MR) is 202 cm³/mol. The van der Waals surface area contributed by atoms with E-state index < -0.39 is 20.1 Å². The quantitative estimate of drug-likeness (QED) is 0.123. The molecule has 0 bridgehead atoms. The third kappa shape index (κ3) is 7.87. The van der Waals surface area contributed by atoms with Crippen molar-refractivity contribution in [3.63, 3.8) is 0 Å². The van der Waals surface area contributed by atoms with Crippen LogP contribution in [-0.2, 0) is 26.5 Å². The molecule has 2 nitrogen and oxygen atoms in total. The van der Waals surface area contributed by atoms with Crippen LogP contribution in [0.2, 0.25) is 17.3 Å². The number of fused-ring (bicyclic) bond motifs is 3. The van der Waals surface area contributed by atoms with Gasteiger partial charge in [-0.2, -0.15) is 11.3 Å². The molecule has 0 aliphatic carbocycles. The third-order valence-corrected chi connectivity index (χ3v) is 13.6. The molecule has 0 aliphatic heterocycles. The van der Waals surface area contributed by atoms with Crippen LogP contribution in [-0.4, -0.2) is 23.2 Å². The molecule has 0 amide bonds. The van der Waals surface area contributed by atoms with E-state index in [9.17, 15) is 4.39 Å². The average molecular weight is 891 g/mol. The number of aryl methyl sites for hydroxylation is 1. The Morgan fingerprint density at radius 2 is 1.56 bits per heavy atom. The first-order valence-electron chi connectivity index (χ1n) is 17.4. The molecule has 0 saturated carbocycles. The zero-order chi connectivity index (χ0) is 35.6. The number of pyridine rings is 2. The molecule has 0 N–H and O–H groups in total. The Morgan fingerprint density at radius 1 is 0.812 bits per heavy atom. The van der Waals surface area contributed by atoms with Gasteiger partial charge in [-0.15, -0.1) is 23.8 Å². The normalized spacial score (nSPS) is 12.5. The van der Waals surface area contributed by atoms with Crippen molar-refractivity contribution >= 4 is 49.2 Å². The van der Waals surface area contributed by atoms with Crippen LogP contribution in [0, 0.1) is 30.7 Å². The van der Waals surface area contributed by atoms with E-state index in [4.69, 9.17) is 9.10 Å². The number of benzene rings is 4. The number of hydrogen-bond donors (Lipinski definition) is 0. The van der Waals surface area contributed by atoms with E-state index in [0.717, 1.165) is 44.3 Å². The number of rotatable bonds is 6. The maximum absolute atomic E-state index is 14.4. The number of halogens is 1. The minimum Gasteiger partial charge on any atom is -0.304 e. The Hall–Kier alpha value is -3.48. The van der Waals surface area contributed by atoms with Crippen LogP contribution in [0.4, 0.5) is 4.39 Å². The fraction of sp³-hybridized carbons (Fsp3) is 0.190. The summed E-state index contributed by atoms with van der Waals surface area (Å²) in [4.78, 5) is 9.16. The molecule has 0 fully saturated rings. The van der Waals surface area contributed by atoms with Crippen molar-refractivity contribution in [3.8, 4) is 33.6 Å². The minimum absolute atomic E-state index is 0. The van der Waals surface area contributed by atoms with Gasteiger partial charge in [-0.05, 0) is 45.4 Å². The SMILES string of the molecule is CC(C)Cc1cc(-c2[c-]cccc2)nc[c]1[Ge]([CH3])([CH3])[CH3].[2H]C([2H])([2H])c1cnc(-c2[c-]ccc3c2sc2c(F)cccc23)cc1-c1ccccc1.[Ir]. The standard InChI is InChI=1S/C24H15FNS.C18H24GeN.Ir/c1-15-14-26-22(13-20(15)16-7-3-2-4-8-16)19-11-5-9-17-18-10-6-12-21(25)24(18)27-23(17)19;1-14(2)11-16-12-18(15-9-7-6-8-10-15)20-13-17(16)19(3,4)5;/h2-10,12-14H,1H3;6-9,12-14H,11H2,1-5H3;/q2*-1;/i1D3;;. The van der Waals surface area contributed by atoms with Crippen LogP contribution in [0.1, 0.15) is 29.1 Å². The first-order chi connectivity index (χ1) is 23.8. The number of hydrogen-bond acceptors (Lipinski definition) is 3. The van der Waals surface area contributed by atoms with E-state index in [1.807, 2.05) is 60.7 Å². The monoisotopic (exact) mass is 892 g/mol. The first-order valence-corrected chi connectivity index (χ1v) is 24.0. The van der Waals surface area contributed by atoms with Gasteiger partial charge >= 0.3 is 126 Å². The predicted octanol–water partition coefficient (Wildman–Crippen LogP) is 11.3. The number of aromatic nitrogens is 2. The molecule has 0 saturated heterocycles. The van der Waals surface area contributed by atoms with Crippen molar-refractivity contribution in [1.29, 1.82) is 0 Å². The van der Waals surface area contributed by atoms with Crippen LogP contribution in [0.15, 0.2) is 109 Å². The van der Waals surface area contributed by atoms with Crippen LogP contribution in [0.3, 0.4) is 0 Å². The summed E-state index contributed by atoms with van der Waals surface area (Å²) in [6, 6.07) is 36.9. The maximum atomic E-state index is 14.4. The fourth-order valence-corrected chi connectivity index (χ4v) is 10.4. The minimum atomic E-state index is -2.28. The van der Waals surface area contributed by atoms with Crippen LogP contribution in [0.5, 0.6) is 0 Å². The molecule has 48 heavy (non-hydrogen) atoms. The molecule has 1 radical (unpaired) electrons. The molecule has 245 valence electrons. The van der Waals surface area contributed by atoms with E-state index in [1.54, 1.807) is 22.6 Å². The summed E-state index contributed by atoms with van der Waals surface area (Å²) in [7, 11) is 0. The second-order valence-electron chi connectivity index (χ2n) is 13.1. The van der Waals surface area contributed by atoms with Crippen molar-refractivity contribution < 1.29 is 28.6 Å². The van der Waals surface area contributed by atoms with Crippen LogP contribution >= 0.6 is 11.3 Å². The van der Waals surface area contributed by atoms with Crippen molar-refractivity contribution in [2.24, 2.45) is 5.92 Å². The molecule has 3 heterocycles. The summed E-state index contributed by atoms with van der Waals surface area (Å²) in [5, 5.41) is 1.79. The van der Waals surface area contributed by atoms with Gasteiger partial charge in [0.05, 0.1) is 4.70 Å². The van der Waals surface area contributed by atoms with Crippen LogP contribution < -0.4 is 4.40 Å². The first kappa shape index (κ1) is 31.8. The van der Waals surface area contributed by atoms with Gasteiger partial charge in [0.25, 0.3) is 0 Å². The van der Waals surface area contributed by atoms with Crippen molar-refractivity contribution in [2.45, 2.75) is 44.4 Å². The Kier molecular flexibility index (Phi) is 10.2. The summed E-state index contributed by atoms with van der Waals surface area (Å²) in [5.41, 5.74) is 6.60. The summed E-state index contributed by atoms with van der Waals surface area (Å²) < 4.78 is 41.1. The van der Waals surface area contributed by atoms with Gasteiger partial charge in [-0.1, -0.05) is 53.9 Å².